The van der Waals surface area contributed by atoms with E-state index in [1.807, 2.05) is 30.3 Å². The van der Waals surface area contributed by atoms with Gasteiger partial charge in [-0.25, -0.2) is 5.01 Å². The number of hydrazone groups is 1. The highest BCUT2D eigenvalue weighted by Crippen LogP contribution is 2.32. The van der Waals surface area contributed by atoms with E-state index in [0.29, 0.717) is 6.42 Å². The van der Waals surface area contributed by atoms with Gasteiger partial charge in [-0.05, 0) is 35.4 Å². The predicted octanol–water partition coefficient (Wildman–Crippen LogP) is 1.97. The van der Waals surface area contributed by atoms with Crippen molar-refractivity contribution in [3.05, 3.63) is 65.7 Å². The standard InChI is InChI=1S/C17H17N3O4S/c1-12(21)20-17(14-5-3-2-4-6-14)11-16(19-20)13-7-9-15(10-8-13)24-25(18,22)23/h2-10,17H,11H2,1H3,(H2,18,22,23). The minimum atomic E-state index is -4.06. The number of hydrogen-bond donors (Lipinski definition) is 1. The molecule has 1 unspecified atom stereocenters. The fourth-order valence-electron chi connectivity index (χ4n) is 2.75. The van der Waals surface area contributed by atoms with Crippen LogP contribution in [0.15, 0.2) is 59.7 Å². The van der Waals surface area contributed by atoms with Gasteiger partial charge in [-0.1, -0.05) is 30.3 Å². The SMILES string of the molecule is CC(=O)N1N=C(c2ccc(OS(N)(=O)=O)cc2)CC1c1ccccc1. The van der Waals surface area contributed by atoms with Crippen molar-refractivity contribution in [2.45, 2.75) is 19.4 Å². The Balaban J connectivity index is 1.85. The first kappa shape index (κ1) is 17.1. The Labute approximate surface area is 146 Å². The molecular formula is C17H17N3O4S. The second kappa shape index (κ2) is 6.66. The molecule has 7 nitrogen and oxygen atoms in total. The average molecular weight is 359 g/mol. The smallest absolute Gasteiger partial charge is 0.371 e. The molecule has 0 spiro atoms. The molecule has 0 aromatic heterocycles. The molecule has 0 fully saturated rings. The largest absolute Gasteiger partial charge is 0.380 e. The van der Waals surface area contributed by atoms with Crippen molar-refractivity contribution in [2.75, 3.05) is 0 Å². The third kappa shape index (κ3) is 4.04. The number of amides is 1. The summed E-state index contributed by atoms with van der Waals surface area (Å²) in [6.07, 6.45) is 0.568. The molecule has 8 heteroatoms. The van der Waals surface area contributed by atoms with Crippen molar-refractivity contribution < 1.29 is 17.4 Å². The monoisotopic (exact) mass is 359 g/mol. The highest BCUT2D eigenvalue weighted by Gasteiger charge is 2.31. The van der Waals surface area contributed by atoms with Gasteiger partial charge in [0.15, 0.2) is 0 Å². The Kier molecular flexibility index (Phi) is 4.56. The van der Waals surface area contributed by atoms with Crippen LogP contribution in [0, 0.1) is 0 Å². The minimum Gasteiger partial charge on any atom is -0.371 e. The molecule has 3 rings (SSSR count). The summed E-state index contributed by atoms with van der Waals surface area (Å²) in [5, 5.41) is 10.8. The van der Waals surface area contributed by atoms with E-state index in [-0.39, 0.29) is 17.7 Å². The molecule has 0 bridgehead atoms. The summed E-state index contributed by atoms with van der Waals surface area (Å²) in [4.78, 5) is 11.9. The lowest BCUT2D eigenvalue weighted by Crippen LogP contribution is -2.24. The second-order valence-electron chi connectivity index (χ2n) is 5.64. The molecule has 2 N–H and O–H groups in total. The Morgan fingerprint density at radius 3 is 2.36 bits per heavy atom. The van der Waals surface area contributed by atoms with Gasteiger partial charge in [0.2, 0.25) is 5.91 Å². The van der Waals surface area contributed by atoms with Gasteiger partial charge in [-0.15, -0.1) is 0 Å². The van der Waals surface area contributed by atoms with Crippen molar-refractivity contribution in [2.24, 2.45) is 10.2 Å². The lowest BCUT2D eigenvalue weighted by Gasteiger charge is -2.20. The molecule has 2 aromatic rings. The van der Waals surface area contributed by atoms with Crippen LogP contribution in [0.3, 0.4) is 0 Å². The van der Waals surface area contributed by atoms with E-state index in [9.17, 15) is 13.2 Å². The number of carbonyl (C=O) groups is 1. The fourth-order valence-corrected chi connectivity index (χ4v) is 3.13. The van der Waals surface area contributed by atoms with Gasteiger partial charge < -0.3 is 4.18 Å². The molecule has 0 saturated carbocycles. The molecule has 2 aromatic carbocycles. The minimum absolute atomic E-state index is 0.118. The van der Waals surface area contributed by atoms with E-state index in [4.69, 9.17) is 5.14 Å². The number of rotatable bonds is 4. The van der Waals surface area contributed by atoms with Gasteiger partial charge in [0.25, 0.3) is 0 Å². The number of nitrogens with two attached hydrogens (primary N) is 1. The van der Waals surface area contributed by atoms with E-state index in [1.165, 1.54) is 24.1 Å². The lowest BCUT2D eigenvalue weighted by molar-refractivity contribution is -0.130. The fraction of sp³-hybridized carbons (Fsp3) is 0.176. The molecule has 1 heterocycles. The third-order valence-electron chi connectivity index (χ3n) is 3.82. The molecule has 1 amide bonds. The van der Waals surface area contributed by atoms with Crippen LogP contribution in [-0.2, 0) is 15.1 Å². The van der Waals surface area contributed by atoms with Gasteiger partial charge in [-0.2, -0.15) is 18.7 Å². The third-order valence-corrected chi connectivity index (χ3v) is 4.24. The van der Waals surface area contributed by atoms with Crippen LogP contribution in [0.4, 0.5) is 0 Å². The topological polar surface area (TPSA) is 102 Å². The van der Waals surface area contributed by atoms with Crippen molar-refractivity contribution >= 4 is 21.9 Å². The van der Waals surface area contributed by atoms with E-state index in [0.717, 1.165) is 16.8 Å². The Morgan fingerprint density at radius 1 is 1.16 bits per heavy atom. The van der Waals surface area contributed by atoms with Crippen molar-refractivity contribution in [1.29, 1.82) is 0 Å². The van der Waals surface area contributed by atoms with E-state index in [1.54, 1.807) is 12.1 Å². The van der Waals surface area contributed by atoms with Crippen LogP contribution >= 0.6 is 0 Å². The van der Waals surface area contributed by atoms with Gasteiger partial charge in [0, 0.05) is 13.3 Å². The van der Waals surface area contributed by atoms with Crippen molar-refractivity contribution in [3.8, 4) is 5.75 Å². The molecule has 25 heavy (non-hydrogen) atoms. The predicted molar refractivity (Wildman–Crippen MR) is 93.0 cm³/mol. The van der Waals surface area contributed by atoms with Crippen LogP contribution in [0.5, 0.6) is 5.75 Å². The summed E-state index contributed by atoms with van der Waals surface area (Å²) < 4.78 is 26.5. The number of hydrogen-bond acceptors (Lipinski definition) is 5. The first-order valence-electron chi connectivity index (χ1n) is 7.58. The van der Waals surface area contributed by atoms with Crippen molar-refractivity contribution in [3.63, 3.8) is 0 Å². The Hall–Kier alpha value is -2.71. The van der Waals surface area contributed by atoms with Crippen LogP contribution < -0.4 is 9.32 Å². The van der Waals surface area contributed by atoms with Crippen LogP contribution in [0.25, 0.3) is 0 Å². The van der Waals surface area contributed by atoms with E-state index < -0.39 is 10.3 Å². The first-order chi connectivity index (χ1) is 11.8. The molecule has 1 aliphatic rings. The quantitative estimate of drug-likeness (QED) is 0.901. The zero-order valence-electron chi connectivity index (χ0n) is 13.5. The molecule has 130 valence electrons. The second-order valence-corrected chi connectivity index (χ2v) is 6.79. The zero-order chi connectivity index (χ0) is 18.0. The van der Waals surface area contributed by atoms with Gasteiger partial charge in [0.05, 0.1) is 11.8 Å². The maximum absolute atomic E-state index is 11.9. The molecule has 1 atom stereocenters. The summed E-state index contributed by atoms with van der Waals surface area (Å²) in [6, 6.07) is 15.9. The molecule has 0 aliphatic carbocycles. The molecule has 0 saturated heterocycles. The zero-order valence-corrected chi connectivity index (χ0v) is 14.3. The maximum atomic E-state index is 11.9. The van der Waals surface area contributed by atoms with Crippen LogP contribution in [0.2, 0.25) is 0 Å². The first-order valence-corrected chi connectivity index (χ1v) is 9.05. The van der Waals surface area contributed by atoms with Crippen molar-refractivity contribution in [1.82, 2.24) is 5.01 Å². The van der Waals surface area contributed by atoms with E-state index >= 15 is 0 Å². The average Bonchev–Trinajstić information content (AvgIpc) is 3.00. The lowest BCUT2D eigenvalue weighted by atomic mass is 9.98. The van der Waals surface area contributed by atoms with Crippen LogP contribution in [0.1, 0.15) is 30.5 Å². The normalized spacial score (nSPS) is 17.3. The number of carbonyl (C=O) groups excluding carboxylic acids is 1. The van der Waals surface area contributed by atoms with Gasteiger partial charge in [0.1, 0.15) is 5.75 Å². The van der Waals surface area contributed by atoms with Crippen LogP contribution in [-0.4, -0.2) is 25.0 Å². The summed E-state index contributed by atoms with van der Waals surface area (Å²) in [6.45, 7) is 1.48. The molecule has 1 aliphatic heterocycles. The van der Waals surface area contributed by atoms with Gasteiger partial charge in [-0.3, -0.25) is 4.79 Å². The summed E-state index contributed by atoms with van der Waals surface area (Å²) in [5.74, 6) is -0.0223. The van der Waals surface area contributed by atoms with Gasteiger partial charge >= 0.3 is 10.3 Å². The highest BCUT2D eigenvalue weighted by atomic mass is 32.2. The summed E-state index contributed by atoms with van der Waals surface area (Å²) in [5.41, 5.74) is 2.53. The Morgan fingerprint density at radius 2 is 1.80 bits per heavy atom. The summed E-state index contributed by atoms with van der Waals surface area (Å²) >= 11 is 0. The molecular weight excluding hydrogens is 342 g/mol. The number of benzene rings is 2. The number of nitrogens with zero attached hydrogens (tertiary/aromatic N) is 2. The molecule has 0 radical (unpaired) electrons. The maximum Gasteiger partial charge on any atom is 0.380 e. The Bertz CT molecular complexity index is 909. The highest BCUT2D eigenvalue weighted by molar-refractivity contribution is 7.84. The van der Waals surface area contributed by atoms with E-state index in [2.05, 4.69) is 9.28 Å². The summed E-state index contributed by atoms with van der Waals surface area (Å²) in [7, 11) is -4.06.